The van der Waals surface area contributed by atoms with Gasteiger partial charge >= 0.3 is 0 Å². The molecule has 0 radical (unpaired) electrons. The third-order valence-electron chi connectivity index (χ3n) is 3.78. The van der Waals surface area contributed by atoms with E-state index in [0.29, 0.717) is 26.1 Å². The SMILES string of the molecule is CCCCCCCCCCCC(=O)N(CCO)CCOC. The van der Waals surface area contributed by atoms with Crippen LogP contribution >= 0.6 is 0 Å². The lowest BCUT2D eigenvalue weighted by atomic mass is 10.1. The van der Waals surface area contributed by atoms with Gasteiger partial charge in [0, 0.05) is 26.6 Å². The molecule has 0 aromatic carbocycles. The van der Waals surface area contributed by atoms with Gasteiger partial charge < -0.3 is 14.7 Å². The summed E-state index contributed by atoms with van der Waals surface area (Å²) in [5.74, 6) is 0.143. The number of ether oxygens (including phenoxy) is 1. The van der Waals surface area contributed by atoms with Crippen LogP contribution in [0.4, 0.5) is 0 Å². The molecule has 126 valence electrons. The molecule has 0 aliphatic heterocycles. The fraction of sp³-hybridized carbons (Fsp3) is 0.941. The molecule has 0 spiro atoms. The lowest BCUT2D eigenvalue weighted by Crippen LogP contribution is -2.36. The summed E-state index contributed by atoms with van der Waals surface area (Å²) in [6.07, 6.45) is 11.9. The Labute approximate surface area is 130 Å². The molecule has 1 amide bonds. The van der Waals surface area contributed by atoms with E-state index in [1.807, 2.05) is 0 Å². The second-order valence-electron chi connectivity index (χ2n) is 5.68. The molecule has 4 heteroatoms. The summed E-state index contributed by atoms with van der Waals surface area (Å²) in [4.78, 5) is 13.7. The zero-order chi connectivity index (χ0) is 15.8. The first-order valence-electron chi connectivity index (χ1n) is 8.63. The van der Waals surface area contributed by atoms with E-state index < -0.39 is 0 Å². The summed E-state index contributed by atoms with van der Waals surface area (Å²) in [7, 11) is 1.63. The van der Waals surface area contributed by atoms with Crippen molar-refractivity contribution in [3.05, 3.63) is 0 Å². The van der Waals surface area contributed by atoms with Crippen molar-refractivity contribution in [1.82, 2.24) is 4.90 Å². The molecule has 21 heavy (non-hydrogen) atoms. The minimum Gasteiger partial charge on any atom is -0.395 e. The predicted molar refractivity (Wildman–Crippen MR) is 87.4 cm³/mol. The van der Waals surface area contributed by atoms with E-state index in [0.717, 1.165) is 12.8 Å². The van der Waals surface area contributed by atoms with Crippen LogP contribution in [0.25, 0.3) is 0 Å². The van der Waals surface area contributed by atoms with E-state index in [1.54, 1.807) is 12.0 Å². The van der Waals surface area contributed by atoms with Crippen LogP contribution < -0.4 is 0 Å². The highest BCUT2D eigenvalue weighted by Crippen LogP contribution is 2.11. The molecular formula is C17H35NO3. The summed E-state index contributed by atoms with van der Waals surface area (Å²) >= 11 is 0. The van der Waals surface area contributed by atoms with Crippen molar-refractivity contribution in [2.24, 2.45) is 0 Å². The van der Waals surface area contributed by atoms with Crippen molar-refractivity contribution >= 4 is 5.91 Å². The van der Waals surface area contributed by atoms with E-state index in [4.69, 9.17) is 9.84 Å². The first kappa shape index (κ1) is 20.4. The zero-order valence-corrected chi connectivity index (χ0v) is 14.1. The number of unbranched alkanes of at least 4 members (excludes halogenated alkanes) is 8. The highest BCUT2D eigenvalue weighted by molar-refractivity contribution is 5.76. The molecule has 0 aromatic heterocycles. The minimum absolute atomic E-state index is 0.0210. The number of rotatable bonds is 15. The molecular weight excluding hydrogens is 266 g/mol. The van der Waals surface area contributed by atoms with Gasteiger partial charge in [-0.1, -0.05) is 58.3 Å². The van der Waals surface area contributed by atoms with Crippen molar-refractivity contribution < 1.29 is 14.6 Å². The molecule has 1 N–H and O–H groups in total. The maximum Gasteiger partial charge on any atom is 0.222 e. The Morgan fingerprint density at radius 2 is 1.52 bits per heavy atom. The van der Waals surface area contributed by atoms with Gasteiger partial charge in [-0.15, -0.1) is 0 Å². The molecule has 0 aliphatic carbocycles. The normalized spacial score (nSPS) is 10.8. The minimum atomic E-state index is 0.0210. The predicted octanol–water partition coefficient (Wildman–Crippen LogP) is 3.37. The first-order chi connectivity index (χ1) is 10.3. The largest absolute Gasteiger partial charge is 0.395 e. The Morgan fingerprint density at radius 3 is 2.05 bits per heavy atom. The average molecular weight is 301 g/mol. The number of aliphatic hydroxyl groups excluding tert-OH is 1. The van der Waals surface area contributed by atoms with E-state index in [-0.39, 0.29) is 12.5 Å². The highest BCUT2D eigenvalue weighted by atomic mass is 16.5. The Kier molecular flexibility index (Phi) is 15.3. The number of aliphatic hydroxyl groups is 1. The number of amides is 1. The maximum atomic E-state index is 12.0. The van der Waals surface area contributed by atoms with Gasteiger partial charge in [-0.3, -0.25) is 4.79 Å². The standard InChI is InChI=1S/C17H35NO3/c1-3-4-5-6-7-8-9-10-11-12-17(20)18(13-15-19)14-16-21-2/h19H,3-16H2,1-2H3. The molecule has 0 saturated heterocycles. The van der Waals surface area contributed by atoms with E-state index in [1.165, 1.54) is 44.9 Å². The monoisotopic (exact) mass is 301 g/mol. The van der Waals surface area contributed by atoms with Gasteiger partial charge in [0.05, 0.1) is 13.2 Å². The number of methoxy groups -OCH3 is 1. The van der Waals surface area contributed by atoms with Gasteiger partial charge in [0.1, 0.15) is 0 Å². The molecule has 0 unspecified atom stereocenters. The van der Waals surface area contributed by atoms with Crippen LogP contribution in [0.1, 0.15) is 71.1 Å². The highest BCUT2D eigenvalue weighted by Gasteiger charge is 2.11. The van der Waals surface area contributed by atoms with Crippen molar-refractivity contribution in [3.63, 3.8) is 0 Å². The van der Waals surface area contributed by atoms with E-state index in [2.05, 4.69) is 6.92 Å². The van der Waals surface area contributed by atoms with Crippen LogP contribution in [0.15, 0.2) is 0 Å². The molecule has 0 fully saturated rings. The molecule has 0 saturated carbocycles. The van der Waals surface area contributed by atoms with E-state index in [9.17, 15) is 4.79 Å². The van der Waals surface area contributed by atoms with Gasteiger partial charge in [-0.2, -0.15) is 0 Å². The first-order valence-corrected chi connectivity index (χ1v) is 8.63. The van der Waals surface area contributed by atoms with Crippen LogP contribution in [-0.2, 0) is 9.53 Å². The van der Waals surface area contributed by atoms with Gasteiger partial charge in [-0.05, 0) is 6.42 Å². The number of carbonyl (C=O) groups is 1. The summed E-state index contributed by atoms with van der Waals surface area (Å²) in [5, 5.41) is 8.98. The second kappa shape index (κ2) is 15.8. The molecule has 0 aromatic rings. The van der Waals surface area contributed by atoms with Crippen LogP contribution in [0, 0.1) is 0 Å². The summed E-state index contributed by atoms with van der Waals surface area (Å²) in [6.45, 7) is 3.79. The topological polar surface area (TPSA) is 49.8 Å². The van der Waals surface area contributed by atoms with Gasteiger partial charge in [0.2, 0.25) is 5.91 Å². The number of hydrogen-bond donors (Lipinski definition) is 1. The Balaban J connectivity index is 3.53. The fourth-order valence-corrected chi connectivity index (χ4v) is 2.43. The Hall–Kier alpha value is -0.610. The molecule has 0 aliphatic rings. The average Bonchev–Trinajstić information content (AvgIpc) is 2.49. The van der Waals surface area contributed by atoms with E-state index >= 15 is 0 Å². The molecule has 0 bridgehead atoms. The zero-order valence-electron chi connectivity index (χ0n) is 14.1. The number of carbonyl (C=O) groups excluding carboxylic acids is 1. The fourth-order valence-electron chi connectivity index (χ4n) is 2.43. The quantitative estimate of drug-likeness (QED) is 0.472. The summed E-state index contributed by atoms with van der Waals surface area (Å²) < 4.78 is 4.99. The Morgan fingerprint density at radius 1 is 0.952 bits per heavy atom. The third kappa shape index (κ3) is 12.8. The van der Waals surface area contributed by atoms with Crippen molar-refractivity contribution in [2.45, 2.75) is 71.1 Å². The van der Waals surface area contributed by atoms with Crippen LogP contribution in [0.2, 0.25) is 0 Å². The van der Waals surface area contributed by atoms with Crippen LogP contribution in [0.3, 0.4) is 0 Å². The van der Waals surface area contributed by atoms with Crippen molar-refractivity contribution in [3.8, 4) is 0 Å². The second-order valence-corrected chi connectivity index (χ2v) is 5.68. The smallest absolute Gasteiger partial charge is 0.222 e. The molecule has 4 nitrogen and oxygen atoms in total. The van der Waals surface area contributed by atoms with Crippen molar-refractivity contribution in [2.75, 3.05) is 33.4 Å². The third-order valence-corrected chi connectivity index (χ3v) is 3.78. The maximum absolute atomic E-state index is 12.0. The number of hydrogen-bond acceptors (Lipinski definition) is 3. The van der Waals surface area contributed by atoms with Gasteiger partial charge in [0.25, 0.3) is 0 Å². The molecule has 0 atom stereocenters. The van der Waals surface area contributed by atoms with Crippen molar-refractivity contribution in [1.29, 1.82) is 0 Å². The summed E-state index contributed by atoms with van der Waals surface area (Å²) in [6, 6.07) is 0. The number of nitrogens with zero attached hydrogens (tertiary/aromatic N) is 1. The lowest BCUT2D eigenvalue weighted by molar-refractivity contribution is -0.132. The van der Waals surface area contributed by atoms with Crippen LogP contribution in [0.5, 0.6) is 0 Å². The molecule has 0 heterocycles. The van der Waals surface area contributed by atoms with Gasteiger partial charge in [0.15, 0.2) is 0 Å². The lowest BCUT2D eigenvalue weighted by Gasteiger charge is -2.21. The van der Waals surface area contributed by atoms with Crippen LogP contribution in [-0.4, -0.2) is 49.3 Å². The van der Waals surface area contributed by atoms with Gasteiger partial charge in [-0.25, -0.2) is 0 Å². The molecule has 0 rings (SSSR count). The Bertz CT molecular complexity index is 234. The summed E-state index contributed by atoms with van der Waals surface area (Å²) in [5.41, 5.74) is 0.